The van der Waals surface area contributed by atoms with Crippen LogP contribution in [0.25, 0.3) is 11.0 Å². The van der Waals surface area contributed by atoms with E-state index < -0.39 is 6.10 Å². The Morgan fingerprint density at radius 1 is 1.13 bits per heavy atom. The van der Waals surface area contributed by atoms with Gasteiger partial charge in [-0.15, -0.1) is 0 Å². The summed E-state index contributed by atoms with van der Waals surface area (Å²) < 4.78 is 10.8. The fraction of sp³-hybridized carbons (Fsp3) is 0.500. The topological polar surface area (TPSA) is 61.3 Å². The average molecular weight is 316 g/mol. The number of rotatable bonds is 7. The predicted octanol–water partition coefficient (Wildman–Crippen LogP) is 3.43. The Morgan fingerprint density at radius 2 is 1.78 bits per heavy atom. The van der Waals surface area contributed by atoms with Crippen LogP contribution in [0.5, 0.6) is 0 Å². The number of para-hydroxylation sites is 2. The molecule has 1 aromatic heterocycles. The standard InChI is InChI=1S/C18H24N2O3/c1-12(2)9-10-22-14(4)18(21)23-11-17-13(3)19-15-7-5-6-8-16(15)20-17/h5-8,12,14H,9-11H2,1-4H3. The lowest BCUT2D eigenvalue weighted by Crippen LogP contribution is -2.24. The van der Waals surface area contributed by atoms with E-state index >= 15 is 0 Å². The number of aromatic nitrogens is 2. The van der Waals surface area contributed by atoms with E-state index in [0.29, 0.717) is 18.2 Å². The van der Waals surface area contributed by atoms with Crippen LogP contribution in [-0.2, 0) is 20.9 Å². The predicted molar refractivity (Wildman–Crippen MR) is 88.9 cm³/mol. The molecule has 0 fully saturated rings. The molecule has 0 aliphatic carbocycles. The zero-order valence-corrected chi connectivity index (χ0v) is 14.2. The average Bonchev–Trinajstić information content (AvgIpc) is 2.52. The third-order valence-electron chi connectivity index (χ3n) is 3.59. The zero-order valence-electron chi connectivity index (χ0n) is 14.2. The minimum Gasteiger partial charge on any atom is -0.457 e. The van der Waals surface area contributed by atoms with E-state index in [2.05, 4.69) is 23.8 Å². The second-order valence-corrected chi connectivity index (χ2v) is 6.05. The summed E-state index contributed by atoms with van der Waals surface area (Å²) in [7, 11) is 0. The monoisotopic (exact) mass is 316 g/mol. The molecule has 5 nitrogen and oxygen atoms in total. The molecule has 5 heteroatoms. The normalized spacial score (nSPS) is 12.6. The van der Waals surface area contributed by atoms with Crippen LogP contribution in [0.4, 0.5) is 0 Å². The Hall–Kier alpha value is -2.01. The molecule has 0 aliphatic heterocycles. The number of benzene rings is 1. The van der Waals surface area contributed by atoms with E-state index in [9.17, 15) is 4.79 Å². The van der Waals surface area contributed by atoms with Gasteiger partial charge in [-0.05, 0) is 38.3 Å². The number of fused-ring (bicyclic) bond motifs is 1. The van der Waals surface area contributed by atoms with Gasteiger partial charge in [0.1, 0.15) is 6.61 Å². The third-order valence-corrected chi connectivity index (χ3v) is 3.59. The van der Waals surface area contributed by atoms with E-state index in [1.54, 1.807) is 6.92 Å². The van der Waals surface area contributed by atoms with Crippen LogP contribution in [-0.4, -0.2) is 28.6 Å². The fourth-order valence-corrected chi connectivity index (χ4v) is 2.07. The first kappa shape index (κ1) is 17.3. The van der Waals surface area contributed by atoms with E-state index in [1.807, 2.05) is 31.2 Å². The molecule has 124 valence electrons. The first-order chi connectivity index (χ1) is 11.0. The van der Waals surface area contributed by atoms with Crippen LogP contribution < -0.4 is 0 Å². The highest BCUT2D eigenvalue weighted by Crippen LogP contribution is 2.13. The molecule has 1 heterocycles. The zero-order chi connectivity index (χ0) is 16.8. The van der Waals surface area contributed by atoms with Gasteiger partial charge in [0.2, 0.25) is 0 Å². The largest absolute Gasteiger partial charge is 0.457 e. The lowest BCUT2D eigenvalue weighted by Gasteiger charge is -2.14. The Balaban J connectivity index is 1.92. The van der Waals surface area contributed by atoms with Gasteiger partial charge >= 0.3 is 5.97 Å². The summed E-state index contributed by atoms with van der Waals surface area (Å²) >= 11 is 0. The maximum absolute atomic E-state index is 12.0. The number of hydrogen-bond donors (Lipinski definition) is 0. The highest BCUT2D eigenvalue weighted by atomic mass is 16.6. The van der Waals surface area contributed by atoms with Crippen molar-refractivity contribution in [3.63, 3.8) is 0 Å². The van der Waals surface area contributed by atoms with Gasteiger partial charge in [0.15, 0.2) is 6.10 Å². The maximum atomic E-state index is 12.0. The summed E-state index contributed by atoms with van der Waals surface area (Å²) in [6.07, 6.45) is 0.356. The van der Waals surface area contributed by atoms with Crippen molar-refractivity contribution in [1.29, 1.82) is 0 Å². The van der Waals surface area contributed by atoms with Gasteiger partial charge < -0.3 is 9.47 Å². The van der Waals surface area contributed by atoms with Crippen LogP contribution in [0, 0.1) is 12.8 Å². The summed E-state index contributed by atoms with van der Waals surface area (Å²) in [6, 6.07) is 7.64. The van der Waals surface area contributed by atoms with Crippen LogP contribution in [0.3, 0.4) is 0 Å². The van der Waals surface area contributed by atoms with E-state index in [1.165, 1.54) is 0 Å². The van der Waals surface area contributed by atoms with Gasteiger partial charge in [-0.25, -0.2) is 14.8 Å². The van der Waals surface area contributed by atoms with Gasteiger partial charge in [0, 0.05) is 6.61 Å². The molecule has 0 spiro atoms. The van der Waals surface area contributed by atoms with Crippen LogP contribution >= 0.6 is 0 Å². The molecular formula is C18H24N2O3. The fourth-order valence-electron chi connectivity index (χ4n) is 2.07. The van der Waals surface area contributed by atoms with Crippen molar-refractivity contribution in [3.8, 4) is 0 Å². The Morgan fingerprint density at radius 3 is 2.43 bits per heavy atom. The number of carbonyl (C=O) groups is 1. The van der Waals surface area contributed by atoms with Gasteiger partial charge in [-0.1, -0.05) is 26.0 Å². The lowest BCUT2D eigenvalue weighted by molar-refractivity contribution is -0.157. The molecule has 2 aromatic rings. The second-order valence-electron chi connectivity index (χ2n) is 6.05. The molecule has 1 unspecified atom stereocenters. The SMILES string of the molecule is Cc1nc2ccccc2nc1COC(=O)C(C)OCCC(C)C. The van der Waals surface area contributed by atoms with Gasteiger partial charge in [0.05, 0.1) is 22.4 Å². The van der Waals surface area contributed by atoms with Gasteiger partial charge in [-0.2, -0.15) is 0 Å². The van der Waals surface area contributed by atoms with Crippen molar-refractivity contribution in [3.05, 3.63) is 35.7 Å². The first-order valence-corrected chi connectivity index (χ1v) is 7.98. The molecule has 1 aromatic carbocycles. The van der Waals surface area contributed by atoms with Gasteiger partial charge in [-0.3, -0.25) is 0 Å². The molecular weight excluding hydrogens is 292 g/mol. The molecule has 23 heavy (non-hydrogen) atoms. The smallest absolute Gasteiger partial charge is 0.335 e. The number of nitrogens with zero attached hydrogens (tertiary/aromatic N) is 2. The van der Waals surface area contributed by atoms with Crippen molar-refractivity contribution in [1.82, 2.24) is 9.97 Å². The first-order valence-electron chi connectivity index (χ1n) is 7.98. The third kappa shape index (κ3) is 4.99. The summed E-state index contributed by atoms with van der Waals surface area (Å²) in [6.45, 7) is 8.48. The Bertz CT molecular complexity index is 670. The number of carbonyl (C=O) groups excluding carboxylic acids is 1. The second kappa shape index (κ2) is 8.02. The van der Waals surface area contributed by atoms with Crippen LogP contribution in [0.1, 0.15) is 38.6 Å². The molecule has 2 rings (SSSR count). The lowest BCUT2D eigenvalue weighted by atomic mass is 10.1. The molecule has 1 atom stereocenters. The number of hydrogen-bond acceptors (Lipinski definition) is 5. The Kier molecular flexibility index (Phi) is 6.04. The molecule has 0 saturated heterocycles. The van der Waals surface area contributed by atoms with Crippen molar-refractivity contribution >= 4 is 17.0 Å². The molecule has 0 N–H and O–H groups in total. The molecule has 0 radical (unpaired) electrons. The highest BCUT2D eigenvalue weighted by molar-refractivity contribution is 5.75. The van der Waals surface area contributed by atoms with E-state index in [0.717, 1.165) is 23.1 Å². The molecule has 0 saturated carbocycles. The van der Waals surface area contributed by atoms with Crippen molar-refractivity contribution in [2.45, 2.75) is 46.8 Å². The van der Waals surface area contributed by atoms with Crippen LogP contribution in [0.2, 0.25) is 0 Å². The van der Waals surface area contributed by atoms with E-state index in [-0.39, 0.29) is 12.6 Å². The summed E-state index contributed by atoms with van der Waals surface area (Å²) in [4.78, 5) is 21.0. The highest BCUT2D eigenvalue weighted by Gasteiger charge is 2.16. The van der Waals surface area contributed by atoms with Crippen molar-refractivity contribution < 1.29 is 14.3 Å². The maximum Gasteiger partial charge on any atom is 0.335 e. The van der Waals surface area contributed by atoms with Gasteiger partial charge in [0.25, 0.3) is 0 Å². The van der Waals surface area contributed by atoms with E-state index in [4.69, 9.17) is 9.47 Å². The van der Waals surface area contributed by atoms with Crippen LogP contribution in [0.15, 0.2) is 24.3 Å². The van der Waals surface area contributed by atoms with Crippen molar-refractivity contribution in [2.24, 2.45) is 5.92 Å². The summed E-state index contributed by atoms with van der Waals surface area (Å²) in [5, 5.41) is 0. The molecule has 0 bridgehead atoms. The molecule has 0 aliphatic rings. The number of ether oxygens (including phenoxy) is 2. The number of esters is 1. The minimum absolute atomic E-state index is 0.111. The summed E-state index contributed by atoms with van der Waals surface area (Å²) in [5.74, 6) is 0.178. The molecule has 0 amide bonds. The minimum atomic E-state index is -0.567. The number of aryl methyl sites for hydroxylation is 1. The summed E-state index contributed by atoms with van der Waals surface area (Å²) in [5.41, 5.74) is 3.08. The quantitative estimate of drug-likeness (QED) is 0.732. The Labute approximate surface area is 137 Å². The van der Waals surface area contributed by atoms with Crippen molar-refractivity contribution in [2.75, 3.05) is 6.61 Å².